The van der Waals surface area contributed by atoms with Gasteiger partial charge in [0.2, 0.25) is 12.3 Å². The van der Waals surface area contributed by atoms with Crippen LogP contribution in [0, 0.1) is 0 Å². The van der Waals surface area contributed by atoms with Crippen LogP contribution in [0.25, 0.3) is 11.5 Å². The molecule has 0 aliphatic carbocycles. The SMILES string of the molecule is CC(NC(=O)c1ccccc1NC(=O)COc1ccc(-c2nnco2)cc1)c1ccccc1. The Morgan fingerprint density at radius 3 is 2.42 bits per heavy atom. The Hall–Kier alpha value is -4.46. The number of nitrogens with zero attached hydrogens (tertiary/aromatic N) is 2. The molecule has 0 aliphatic heterocycles. The van der Waals surface area contributed by atoms with Crippen LogP contribution < -0.4 is 15.4 Å². The summed E-state index contributed by atoms with van der Waals surface area (Å²) in [5, 5.41) is 13.2. The van der Waals surface area contributed by atoms with E-state index in [1.165, 1.54) is 6.39 Å². The lowest BCUT2D eigenvalue weighted by Gasteiger charge is -2.16. The monoisotopic (exact) mass is 442 g/mol. The Morgan fingerprint density at radius 1 is 0.970 bits per heavy atom. The highest BCUT2D eigenvalue weighted by Gasteiger charge is 2.16. The molecule has 4 rings (SSSR count). The zero-order valence-electron chi connectivity index (χ0n) is 17.9. The standard InChI is InChI=1S/C25H22N4O4/c1-17(18-7-3-2-4-8-18)27-24(31)21-9-5-6-10-22(21)28-23(30)15-32-20-13-11-19(12-14-20)25-29-26-16-33-25/h2-14,16-17H,15H2,1H3,(H,27,31)(H,28,30). The third-order valence-corrected chi connectivity index (χ3v) is 4.92. The molecule has 8 nitrogen and oxygen atoms in total. The molecule has 1 heterocycles. The summed E-state index contributed by atoms with van der Waals surface area (Å²) < 4.78 is 10.7. The van der Waals surface area contributed by atoms with Crippen LogP contribution in [-0.4, -0.2) is 28.6 Å². The lowest BCUT2D eigenvalue weighted by molar-refractivity contribution is -0.118. The van der Waals surface area contributed by atoms with E-state index in [2.05, 4.69) is 20.8 Å². The number of aromatic nitrogens is 2. The molecule has 1 aromatic heterocycles. The van der Waals surface area contributed by atoms with Crippen molar-refractivity contribution in [1.82, 2.24) is 15.5 Å². The first-order chi connectivity index (χ1) is 16.1. The average Bonchev–Trinajstić information content (AvgIpc) is 3.39. The maximum absolute atomic E-state index is 12.8. The highest BCUT2D eigenvalue weighted by Crippen LogP contribution is 2.21. The summed E-state index contributed by atoms with van der Waals surface area (Å²) in [6.45, 7) is 1.70. The first-order valence-corrected chi connectivity index (χ1v) is 10.3. The normalized spacial score (nSPS) is 11.4. The van der Waals surface area contributed by atoms with Crippen LogP contribution >= 0.6 is 0 Å². The Bertz CT molecular complexity index is 1210. The average molecular weight is 442 g/mol. The van der Waals surface area contributed by atoms with Crippen LogP contribution in [0.3, 0.4) is 0 Å². The molecule has 0 radical (unpaired) electrons. The molecule has 2 N–H and O–H groups in total. The van der Waals surface area contributed by atoms with Gasteiger partial charge in [0, 0.05) is 5.56 Å². The van der Waals surface area contributed by atoms with Crippen molar-refractivity contribution in [3.8, 4) is 17.2 Å². The number of anilines is 1. The zero-order chi connectivity index (χ0) is 23.0. The molecule has 1 atom stereocenters. The van der Waals surface area contributed by atoms with Gasteiger partial charge in [-0.1, -0.05) is 42.5 Å². The van der Waals surface area contributed by atoms with E-state index in [0.717, 1.165) is 11.1 Å². The minimum atomic E-state index is -0.382. The number of hydrogen-bond acceptors (Lipinski definition) is 6. The van der Waals surface area contributed by atoms with Crippen LogP contribution in [0.5, 0.6) is 5.75 Å². The van der Waals surface area contributed by atoms with Crippen LogP contribution in [-0.2, 0) is 4.79 Å². The quantitative estimate of drug-likeness (QED) is 0.423. The number of rotatable bonds is 8. The first-order valence-electron chi connectivity index (χ1n) is 10.3. The van der Waals surface area contributed by atoms with E-state index in [9.17, 15) is 9.59 Å². The molecule has 0 bridgehead atoms. The molecule has 0 spiro atoms. The number of para-hydroxylation sites is 1. The number of amides is 2. The molecule has 2 amide bonds. The number of hydrogen-bond donors (Lipinski definition) is 2. The molecule has 8 heteroatoms. The van der Waals surface area contributed by atoms with Gasteiger partial charge in [0.25, 0.3) is 11.8 Å². The van der Waals surface area contributed by atoms with Gasteiger partial charge >= 0.3 is 0 Å². The topological polar surface area (TPSA) is 106 Å². The molecule has 33 heavy (non-hydrogen) atoms. The van der Waals surface area contributed by atoms with E-state index < -0.39 is 0 Å². The molecule has 3 aromatic carbocycles. The van der Waals surface area contributed by atoms with Crippen molar-refractivity contribution in [1.29, 1.82) is 0 Å². The van der Waals surface area contributed by atoms with Crippen molar-refractivity contribution in [2.24, 2.45) is 0 Å². The molecular weight excluding hydrogens is 420 g/mol. The second-order valence-corrected chi connectivity index (χ2v) is 7.26. The second-order valence-electron chi connectivity index (χ2n) is 7.26. The minimum Gasteiger partial charge on any atom is -0.484 e. The Kier molecular flexibility index (Phi) is 6.75. The van der Waals surface area contributed by atoms with Crippen molar-refractivity contribution in [3.63, 3.8) is 0 Å². The molecule has 1 unspecified atom stereocenters. The van der Waals surface area contributed by atoms with Gasteiger partial charge in [0.05, 0.1) is 17.3 Å². The highest BCUT2D eigenvalue weighted by atomic mass is 16.5. The summed E-state index contributed by atoms with van der Waals surface area (Å²) in [5.41, 5.74) is 2.52. The summed E-state index contributed by atoms with van der Waals surface area (Å²) in [5.74, 6) is 0.249. The summed E-state index contributed by atoms with van der Waals surface area (Å²) in [6.07, 6.45) is 1.25. The predicted molar refractivity (Wildman–Crippen MR) is 123 cm³/mol. The van der Waals surface area contributed by atoms with Crippen molar-refractivity contribution in [3.05, 3.63) is 96.4 Å². The number of benzene rings is 3. The van der Waals surface area contributed by atoms with Crippen molar-refractivity contribution < 1.29 is 18.7 Å². The van der Waals surface area contributed by atoms with Gasteiger partial charge in [0.15, 0.2) is 6.61 Å². The van der Waals surface area contributed by atoms with Crippen LogP contribution in [0.1, 0.15) is 28.9 Å². The van der Waals surface area contributed by atoms with Gasteiger partial charge in [0.1, 0.15) is 5.75 Å². The van der Waals surface area contributed by atoms with Gasteiger partial charge < -0.3 is 19.8 Å². The van der Waals surface area contributed by atoms with Crippen molar-refractivity contribution >= 4 is 17.5 Å². The van der Waals surface area contributed by atoms with E-state index in [1.54, 1.807) is 48.5 Å². The van der Waals surface area contributed by atoms with E-state index in [1.807, 2.05) is 37.3 Å². The fourth-order valence-corrected chi connectivity index (χ4v) is 3.22. The molecule has 0 fully saturated rings. The smallest absolute Gasteiger partial charge is 0.262 e. The number of carbonyl (C=O) groups is 2. The molecule has 4 aromatic rings. The fraction of sp³-hybridized carbons (Fsp3) is 0.120. The molecule has 0 saturated heterocycles. The number of nitrogens with one attached hydrogen (secondary N) is 2. The Labute approximate surface area is 190 Å². The zero-order valence-corrected chi connectivity index (χ0v) is 17.9. The van der Waals surface area contributed by atoms with Gasteiger partial charge in [-0.25, -0.2) is 0 Å². The number of ether oxygens (including phenoxy) is 1. The Balaban J connectivity index is 1.35. The Morgan fingerprint density at radius 2 is 1.70 bits per heavy atom. The van der Waals surface area contributed by atoms with E-state index >= 15 is 0 Å². The highest BCUT2D eigenvalue weighted by molar-refractivity contribution is 6.04. The van der Waals surface area contributed by atoms with Gasteiger partial charge in [-0.2, -0.15) is 0 Å². The molecule has 0 aliphatic rings. The summed E-state index contributed by atoms with van der Waals surface area (Å²) >= 11 is 0. The third kappa shape index (κ3) is 5.62. The largest absolute Gasteiger partial charge is 0.484 e. The van der Waals surface area contributed by atoms with Crippen LogP contribution in [0.2, 0.25) is 0 Å². The molecule has 0 saturated carbocycles. The maximum atomic E-state index is 12.8. The molecule has 166 valence electrons. The molecular formula is C25H22N4O4. The van der Waals surface area contributed by atoms with E-state index in [-0.39, 0.29) is 24.5 Å². The van der Waals surface area contributed by atoms with Crippen molar-refractivity contribution in [2.75, 3.05) is 11.9 Å². The summed E-state index contributed by atoms with van der Waals surface area (Å²) in [6, 6.07) is 23.3. The fourth-order valence-electron chi connectivity index (χ4n) is 3.22. The minimum absolute atomic E-state index is 0.180. The predicted octanol–water partition coefficient (Wildman–Crippen LogP) is 4.25. The summed E-state index contributed by atoms with van der Waals surface area (Å²) in [7, 11) is 0. The van der Waals surface area contributed by atoms with Gasteiger partial charge in [-0.15, -0.1) is 10.2 Å². The lowest BCUT2D eigenvalue weighted by Crippen LogP contribution is -2.28. The van der Waals surface area contributed by atoms with Crippen LogP contribution in [0.4, 0.5) is 5.69 Å². The lowest BCUT2D eigenvalue weighted by atomic mass is 10.1. The van der Waals surface area contributed by atoms with Gasteiger partial charge in [-0.3, -0.25) is 9.59 Å². The first kappa shape index (κ1) is 21.8. The second kappa shape index (κ2) is 10.2. The van der Waals surface area contributed by atoms with Crippen molar-refractivity contribution in [2.45, 2.75) is 13.0 Å². The van der Waals surface area contributed by atoms with Crippen LogP contribution in [0.15, 0.2) is 89.7 Å². The number of carbonyl (C=O) groups excluding carboxylic acids is 2. The van der Waals surface area contributed by atoms with Gasteiger partial charge in [-0.05, 0) is 48.9 Å². The maximum Gasteiger partial charge on any atom is 0.262 e. The summed E-state index contributed by atoms with van der Waals surface area (Å²) in [4.78, 5) is 25.3. The van der Waals surface area contributed by atoms with E-state index in [0.29, 0.717) is 22.9 Å². The van der Waals surface area contributed by atoms with E-state index in [4.69, 9.17) is 9.15 Å². The third-order valence-electron chi connectivity index (χ3n) is 4.92.